The number of hydrogen-bond acceptors (Lipinski definition) is 2. The van der Waals surface area contributed by atoms with Crippen molar-refractivity contribution in [3.63, 3.8) is 0 Å². The van der Waals surface area contributed by atoms with Crippen LogP contribution in [0, 0.1) is 5.82 Å². The van der Waals surface area contributed by atoms with Gasteiger partial charge in [0.25, 0.3) is 0 Å². The van der Waals surface area contributed by atoms with E-state index in [1.165, 1.54) is 31.1 Å². The predicted molar refractivity (Wildman–Crippen MR) is 91.8 cm³/mol. The van der Waals surface area contributed by atoms with Crippen LogP contribution in [0.2, 0.25) is 0 Å². The molecule has 0 bridgehead atoms. The van der Waals surface area contributed by atoms with Crippen molar-refractivity contribution in [3.8, 4) is 0 Å². The smallest absolute Gasteiger partial charge is 0.139 e. The number of aromatic nitrogens is 2. The number of hydrogen-bond donors (Lipinski definition) is 0. The average molecular weight is 392 g/mol. The monoisotopic (exact) mass is 390 g/mol. The molecule has 114 valence electrons. The van der Waals surface area contributed by atoms with E-state index in [1.54, 1.807) is 0 Å². The van der Waals surface area contributed by atoms with Gasteiger partial charge in [-0.15, -0.1) is 11.6 Å². The summed E-state index contributed by atoms with van der Waals surface area (Å²) in [6.45, 7) is 2.81. The molecule has 1 saturated heterocycles. The van der Waals surface area contributed by atoms with E-state index >= 15 is 0 Å². The van der Waals surface area contributed by atoms with E-state index in [0.29, 0.717) is 15.2 Å². The summed E-state index contributed by atoms with van der Waals surface area (Å²) < 4.78 is 16.4. The van der Waals surface area contributed by atoms with Crippen LogP contribution in [0.5, 0.6) is 0 Å². The first-order valence-electron chi connectivity index (χ1n) is 7.17. The molecule has 1 fully saturated rings. The molecule has 3 rings (SSSR count). The Morgan fingerprint density at radius 3 is 3.00 bits per heavy atom. The van der Waals surface area contributed by atoms with Gasteiger partial charge < -0.3 is 4.57 Å². The topological polar surface area (TPSA) is 17.8 Å². The number of thioether (sulfide) groups is 1. The van der Waals surface area contributed by atoms with Crippen LogP contribution in [0.3, 0.4) is 0 Å². The van der Waals surface area contributed by atoms with Crippen LogP contribution in [0.25, 0.3) is 11.0 Å². The number of nitrogens with zero attached hydrogens (tertiary/aromatic N) is 2. The molecule has 0 aliphatic carbocycles. The zero-order valence-electron chi connectivity index (χ0n) is 11.8. The van der Waals surface area contributed by atoms with Crippen LogP contribution in [0.15, 0.2) is 16.6 Å². The van der Waals surface area contributed by atoms with Crippen molar-refractivity contribution < 1.29 is 4.39 Å². The molecule has 0 N–H and O–H groups in total. The third-order valence-electron chi connectivity index (χ3n) is 3.84. The molecule has 2 unspecified atom stereocenters. The minimum absolute atomic E-state index is 0.187. The van der Waals surface area contributed by atoms with Crippen molar-refractivity contribution in [2.45, 2.75) is 43.4 Å². The summed E-state index contributed by atoms with van der Waals surface area (Å²) in [4.78, 5) is 4.54. The maximum Gasteiger partial charge on any atom is 0.139 e. The van der Waals surface area contributed by atoms with E-state index < -0.39 is 0 Å². The lowest BCUT2D eigenvalue weighted by molar-refractivity contribution is 0.575. The second-order valence-electron chi connectivity index (χ2n) is 5.44. The SMILES string of the molecule is CC(Cl)c1nc2cc(F)c(Br)cc2n1CC1CCCCS1. The first-order chi connectivity index (χ1) is 10.1. The Kier molecular flexibility index (Phi) is 4.81. The molecule has 0 radical (unpaired) electrons. The normalized spacial score (nSPS) is 20.9. The van der Waals surface area contributed by atoms with Gasteiger partial charge in [-0.1, -0.05) is 6.42 Å². The minimum Gasteiger partial charge on any atom is -0.326 e. The quantitative estimate of drug-likeness (QED) is 0.641. The molecule has 1 aromatic heterocycles. The zero-order chi connectivity index (χ0) is 15.0. The number of halogens is 3. The summed E-state index contributed by atoms with van der Waals surface area (Å²) in [5.74, 6) is 1.77. The second kappa shape index (κ2) is 6.47. The summed E-state index contributed by atoms with van der Waals surface area (Å²) in [5.41, 5.74) is 1.64. The van der Waals surface area contributed by atoms with Gasteiger partial charge in [0.05, 0.1) is 20.9 Å². The molecule has 6 heteroatoms. The van der Waals surface area contributed by atoms with Crippen molar-refractivity contribution in [1.82, 2.24) is 9.55 Å². The van der Waals surface area contributed by atoms with Gasteiger partial charge in [-0.05, 0) is 47.5 Å². The van der Waals surface area contributed by atoms with Crippen molar-refractivity contribution >= 4 is 50.3 Å². The lowest BCUT2D eigenvalue weighted by Crippen LogP contribution is -2.18. The van der Waals surface area contributed by atoms with Crippen molar-refractivity contribution in [1.29, 1.82) is 0 Å². The molecule has 0 spiro atoms. The first-order valence-corrected chi connectivity index (χ1v) is 9.45. The Morgan fingerprint density at radius 1 is 1.52 bits per heavy atom. The number of benzene rings is 1. The highest BCUT2D eigenvalue weighted by molar-refractivity contribution is 9.10. The fourth-order valence-electron chi connectivity index (χ4n) is 2.79. The van der Waals surface area contributed by atoms with Crippen LogP contribution in [0.4, 0.5) is 4.39 Å². The molecule has 2 atom stereocenters. The minimum atomic E-state index is -0.284. The highest BCUT2D eigenvalue weighted by Gasteiger charge is 2.21. The van der Waals surface area contributed by atoms with Crippen molar-refractivity contribution in [2.75, 3.05) is 5.75 Å². The van der Waals surface area contributed by atoms with Gasteiger partial charge in [0.2, 0.25) is 0 Å². The Balaban J connectivity index is 2.04. The molecule has 1 aromatic carbocycles. The predicted octanol–water partition coefficient (Wildman–Crippen LogP) is 5.52. The number of imidazole rings is 1. The summed E-state index contributed by atoms with van der Waals surface area (Å²) in [5, 5.41) is 0.405. The first kappa shape index (κ1) is 15.6. The van der Waals surface area contributed by atoms with Crippen LogP contribution in [-0.2, 0) is 6.54 Å². The van der Waals surface area contributed by atoms with Crippen LogP contribution < -0.4 is 0 Å². The molecular weight excluding hydrogens is 375 g/mol. The van der Waals surface area contributed by atoms with Gasteiger partial charge in [-0.25, -0.2) is 9.37 Å². The van der Waals surface area contributed by atoms with Gasteiger partial charge in [-0.2, -0.15) is 11.8 Å². The maximum atomic E-state index is 13.7. The van der Waals surface area contributed by atoms with E-state index in [0.717, 1.165) is 17.9 Å². The third-order valence-corrected chi connectivity index (χ3v) is 6.02. The molecule has 0 saturated carbocycles. The van der Waals surface area contributed by atoms with E-state index in [1.807, 2.05) is 24.8 Å². The van der Waals surface area contributed by atoms with Crippen LogP contribution >= 0.6 is 39.3 Å². The van der Waals surface area contributed by atoms with E-state index in [2.05, 4.69) is 25.5 Å². The fraction of sp³-hybridized carbons (Fsp3) is 0.533. The molecule has 0 amide bonds. The largest absolute Gasteiger partial charge is 0.326 e. The highest BCUT2D eigenvalue weighted by atomic mass is 79.9. The Hall–Kier alpha value is -0.260. The Morgan fingerprint density at radius 2 is 2.33 bits per heavy atom. The zero-order valence-corrected chi connectivity index (χ0v) is 14.9. The van der Waals surface area contributed by atoms with E-state index in [-0.39, 0.29) is 11.2 Å². The lowest BCUT2D eigenvalue weighted by Gasteiger charge is -2.23. The summed E-state index contributed by atoms with van der Waals surface area (Å²) in [7, 11) is 0. The van der Waals surface area contributed by atoms with Crippen molar-refractivity contribution in [3.05, 3.63) is 28.2 Å². The number of fused-ring (bicyclic) bond motifs is 1. The maximum absolute atomic E-state index is 13.7. The highest BCUT2D eigenvalue weighted by Crippen LogP contribution is 2.32. The molecular formula is C15H17BrClFN2S. The number of alkyl halides is 1. The lowest BCUT2D eigenvalue weighted by atomic mass is 10.2. The van der Waals surface area contributed by atoms with Gasteiger partial charge in [0.1, 0.15) is 11.6 Å². The van der Waals surface area contributed by atoms with Crippen LogP contribution in [-0.4, -0.2) is 20.6 Å². The van der Waals surface area contributed by atoms with E-state index in [9.17, 15) is 4.39 Å². The molecule has 2 aromatic rings. The molecule has 1 aliphatic rings. The van der Waals surface area contributed by atoms with Crippen molar-refractivity contribution in [2.24, 2.45) is 0 Å². The van der Waals surface area contributed by atoms with Gasteiger partial charge in [0.15, 0.2) is 0 Å². The number of rotatable bonds is 3. The Bertz CT molecular complexity index is 653. The van der Waals surface area contributed by atoms with Gasteiger partial charge in [-0.3, -0.25) is 0 Å². The summed E-state index contributed by atoms with van der Waals surface area (Å²) in [6, 6.07) is 3.29. The molecule has 1 aliphatic heterocycles. The molecule has 2 heterocycles. The summed E-state index contributed by atoms with van der Waals surface area (Å²) >= 11 is 11.6. The average Bonchev–Trinajstić information content (AvgIpc) is 2.79. The Labute approximate surface area is 141 Å². The fourth-order valence-corrected chi connectivity index (χ4v) is 4.58. The third kappa shape index (κ3) is 3.25. The van der Waals surface area contributed by atoms with Crippen LogP contribution in [0.1, 0.15) is 37.4 Å². The second-order valence-corrected chi connectivity index (χ2v) is 8.36. The van der Waals surface area contributed by atoms with Gasteiger partial charge >= 0.3 is 0 Å². The molecule has 21 heavy (non-hydrogen) atoms. The summed E-state index contributed by atoms with van der Waals surface area (Å²) in [6.07, 6.45) is 3.82. The van der Waals surface area contributed by atoms with E-state index in [4.69, 9.17) is 11.6 Å². The standard InChI is InChI=1S/C15H17BrClFN2S/c1-9(17)15-19-13-7-12(18)11(16)6-14(13)20(15)8-10-4-2-3-5-21-10/h6-7,9-10H,2-5,8H2,1H3. The molecule has 2 nitrogen and oxygen atoms in total. The van der Waals surface area contributed by atoms with Gasteiger partial charge in [0, 0.05) is 17.9 Å².